The average molecular weight is 302 g/mol. The SMILES string of the molecule is CCc1ccc(Nc2cccc(SC)c2C(N)=S)cc1. The van der Waals surface area contributed by atoms with Gasteiger partial charge in [0, 0.05) is 21.8 Å². The minimum Gasteiger partial charge on any atom is -0.389 e. The van der Waals surface area contributed by atoms with Crippen LogP contribution >= 0.6 is 24.0 Å². The number of thioether (sulfide) groups is 1. The van der Waals surface area contributed by atoms with Crippen LogP contribution in [0.15, 0.2) is 47.4 Å². The standard InChI is InChI=1S/C16H18N2S2/c1-3-11-7-9-12(10-8-11)18-13-5-4-6-14(20-2)15(13)16(17)19/h4-10,18H,3H2,1-2H3,(H2,17,19). The average Bonchev–Trinajstić information content (AvgIpc) is 2.47. The Morgan fingerprint density at radius 2 is 1.90 bits per heavy atom. The maximum absolute atomic E-state index is 5.87. The van der Waals surface area contributed by atoms with Crippen molar-refractivity contribution in [3.63, 3.8) is 0 Å². The van der Waals surface area contributed by atoms with Crippen LogP contribution in [0.25, 0.3) is 0 Å². The topological polar surface area (TPSA) is 38.0 Å². The maximum atomic E-state index is 5.87. The van der Waals surface area contributed by atoms with Crippen LogP contribution in [0, 0.1) is 0 Å². The Hall–Kier alpha value is -1.52. The molecular weight excluding hydrogens is 284 g/mol. The van der Waals surface area contributed by atoms with Gasteiger partial charge in [0.2, 0.25) is 0 Å². The van der Waals surface area contributed by atoms with Crippen LogP contribution in [-0.4, -0.2) is 11.2 Å². The number of hydrogen-bond donors (Lipinski definition) is 2. The van der Waals surface area contributed by atoms with Gasteiger partial charge in [0.1, 0.15) is 4.99 Å². The fraction of sp³-hybridized carbons (Fsp3) is 0.188. The Kier molecular flexibility index (Phi) is 5.04. The van der Waals surface area contributed by atoms with Crippen molar-refractivity contribution in [3.05, 3.63) is 53.6 Å². The van der Waals surface area contributed by atoms with Crippen LogP contribution in [0.5, 0.6) is 0 Å². The van der Waals surface area contributed by atoms with Gasteiger partial charge in [-0.15, -0.1) is 11.8 Å². The summed E-state index contributed by atoms with van der Waals surface area (Å²) in [5.41, 5.74) is 10.1. The summed E-state index contributed by atoms with van der Waals surface area (Å²) in [4.78, 5) is 1.51. The van der Waals surface area contributed by atoms with E-state index in [9.17, 15) is 0 Å². The Morgan fingerprint density at radius 3 is 2.45 bits per heavy atom. The van der Waals surface area contributed by atoms with Gasteiger partial charge in [0.15, 0.2) is 0 Å². The molecule has 0 heterocycles. The van der Waals surface area contributed by atoms with E-state index >= 15 is 0 Å². The van der Waals surface area contributed by atoms with Gasteiger partial charge in [-0.05, 0) is 42.5 Å². The second kappa shape index (κ2) is 6.77. The maximum Gasteiger partial charge on any atom is 0.107 e. The van der Waals surface area contributed by atoms with E-state index in [1.54, 1.807) is 11.8 Å². The summed E-state index contributed by atoms with van der Waals surface area (Å²) in [6.45, 7) is 2.15. The van der Waals surface area contributed by atoms with E-state index in [1.807, 2.05) is 24.5 Å². The van der Waals surface area contributed by atoms with E-state index in [2.05, 4.69) is 36.5 Å². The molecule has 2 nitrogen and oxygen atoms in total. The number of hydrogen-bond acceptors (Lipinski definition) is 3. The highest BCUT2D eigenvalue weighted by Crippen LogP contribution is 2.29. The van der Waals surface area contributed by atoms with Gasteiger partial charge in [-0.25, -0.2) is 0 Å². The molecular formula is C16H18N2S2. The Labute approximate surface area is 129 Å². The van der Waals surface area contributed by atoms with Gasteiger partial charge < -0.3 is 11.1 Å². The van der Waals surface area contributed by atoms with E-state index in [0.29, 0.717) is 4.99 Å². The number of benzene rings is 2. The van der Waals surface area contributed by atoms with Crippen molar-refractivity contribution in [3.8, 4) is 0 Å². The lowest BCUT2D eigenvalue weighted by molar-refractivity contribution is 1.14. The van der Waals surface area contributed by atoms with Crippen LogP contribution in [0.1, 0.15) is 18.1 Å². The summed E-state index contributed by atoms with van der Waals surface area (Å²) < 4.78 is 0. The first-order chi connectivity index (χ1) is 9.65. The Morgan fingerprint density at radius 1 is 1.20 bits per heavy atom. The lowest BCUT2D eigenvalue weighted by Crippen LogP contribution is -2.13. The normalized spacial score (nSPS) is 10.3. The molecule has 20 heavy (non-hydrogen) atoms. The number of rotatable bonds is 5. The molecule has 0 aliphatic carbocycles. The third-order valence-corrected chi connectivity index (χ3v) is 4.12. The van der Waals surface area contributed by atoms with Crippen LogP contribution in [0.4, 0.5) is 11.4 Å². The highest BCUT2D eigenvalue weighted by Gasteiger charge is 2.10. The molecule has 2 rings (SSSR count). The summed E-state index contributed by atoms with van der Waals surface area (Å²) in [7, 11) is 0. The summed E-state index contributed by atoms with van der Waals surface area (Å²) >= 11 is 6.83. The van der Waals surface area contributed by atoms with E-state index in [-0.39, 0.29) is 0 Å². The van der Waals surface area contributed by atoms with Crippen LogP contribution in [0.3, 0.4) is 0 Å². The van der Waals surface area contributed by atoms with E-state index in [1.165, 1.54) is 5.56 Å². The Bertz CT molecular complexity index is 606. The van der Waals surface area contributed by atoms with Crippen molar-refractivity contribution < 1.29 is 0 Å². The molecule has 0 unspecified atom stereocenters. The largest absolute Gasteiger partial charge is 0.389 e. The fourth-order valence-corrected chi connectivity index (χ4v) is 2.96. The van der Waals surface area contributed by atoms with Crippen LogP contribution in [-0.2, 0) is 6.42 Å². The van der Waals surface area contributed by atoms with E-state index < -0.39 is 0 Å². The third kappa shape index (κ3) is 3.32. The molecule has 0 saturated heterocycles. The van der Waals surface area contributed by atoms with Crippen molar-refractivity contribution in [2.24, 2.45) is 5.73 Å². The highest BCUT2D eigenvalue weighted by atomic mass is 32.2. The molecule has 2 aromatic rings. The van der Waals surface area contributed by atoms with Crippen molar-refractivity contribution in [2.75, 3.05) is 11.6 Å². The number of nitrogens with one attached hydrogen (secondary N) is 1. The summed E-state index contributed by atoms with van der Waals surface area (Å²) in [5, 5.41) is 3.40. The van der Waals surface area contributed by atoms with Gasteiger partial charge in [-0.3, -0.25) is 0 Å². The minimum absolute atomic E-state index is 0.419. The zero-order chi connectivity index (χ0) is 14.5. The van der Waals surface area contributed by atoms with Gasteiger partial charge in [-0.2, -0.15) is 0 Å². The van der Waals surface area contributed by atoms with Gasteiger partial charge in [0.25, 0.3) is 0 Å². The first-order valence-corrected chi connectivity index (χ1v) is 8.11. The summed E-state index contributed by atoms with van der Waals surface area (Å²) in [6.07, 6.45) is 3.07. The smallest absolute Gasteiger partial charge is 0.107 e. The minimum atomic E-state index is 0.419. The van der Waals surface area contributed by atoms with E-state index in [4.69, 9.17) is 18.0 Å². The fourth-order valence-electron chi connectivity index (χ4n) is 2.04. The molecule has 0 amide bonds. The third-order valence-electron chi connectivity index (χ3n) is 3.13. The number of aryl methyl sites for hydroxylation is 1. The number of nitrogens with two attached hydrogens (primary N) is 1. The molecule has 0 radical (unpaired) electrons. The predicted molar refractivity (Wildman–Crippen MR) is 93.2 cm³/mol. The quantitative estimate of drug-likeness (QED) is 0.636. The molecule has 0 spiro atoms. The lowest BCUT2D eigenvalue weighted by Gasteiger charge is -2.14. The predicted octanol–water partition coefficient (Wildman–Crippen LogP) is 4.35. The molecule has 3 N–H and O–H groups in total. The van der Waals surface area contributed by atoms with Gasteiger partial charge >= 0.3 is 0 Å². The van der Waals surface area contributed by atoms with Crippen molar-refractivity contribution in [1.29, 1.82) is 0 Å². The monoisotopic (exact) mass is 302 g/mol. The van der Waals surface area contributed by atoms with Gasteiger partial charge in [0.05, 0.1) is 0 Å². The van der Waals surface area contributed by atoms with Gasteiger partial charge in [-0.1, -0.05) is 37.3 Å². The molecule has 0 aliphatic rings. The Balaban J connectivity index is 2.34. The molecule has 0 bridgehead atoms. The van der Waals surface area contributed by atoms with Crippen molar-refractivity contribution in [1.82, 2.24) is 0 Å². The second-order valence-corrected chi connectivity index (χ2v) is 5.71. The molecule has 0 fully saturated rings. The lowest BCUT2D eigenvalue weighted by atomic mass is 10.1. The molecule has 2 aromatic carbocycles. The molecule has 104 valence electrons. The second-order valence-electron chi connectivity index (χ2n) is 4.42. The first kappa shape index (κ1) is 14.9. The number of anilines is 2. The molecule has 4 heteroatoms. The first-order valence-electron chi connectivity index (χ1n) is 6.48. The zero-order valence-corrected chi connectivity index (χ0v) is 13.3. The summed E-state index contributed by atoms with van der Waals surface area (Å²) in [5.74, 6) is 0. The molecule has 0 saturated carbocycles. The zero-order valence-electron chi connectivity index (χ0n) is 11.6. The molecule has 0 atom stereocenters. The summed E-state index contributed by atoms with van der Waals surface area (Å²) in [6, 6.07) is 14.5. The molecule has 0 aliphatic heterocycles. The number of thiocarbonyl (C=S) groups is 1. The van der Waals surface area contributed by atoms with E-state index in [0.717, 1.165) is 28.3 Å². The van der Waals surface area contributed by atoms with Crippen molar-refractivity contribution >= 4 is 40.3 Å². The van der Waals surface area contributed by atoms with Crippen LogP contribution in [0.2, 0.25) is 0 Å². The van der Waals surface area contributed by atoms with Crippen molar-refractivity contribution in [2.45, 2.75) is 18.2 Å². The highest BCUT2D eigenvalue weighted by molar-refractivity contribution is 7.98. The molecule has 0 aromatic heterocycles. The van der Waals surface area contributed by atoms with Crippen LogP contribution < -0.4 is 11.1 Å².